The van der Waals surface area contributed by atoms with Crippen molar-refractivity contribution in [3.63, 3.8) is 0 Å². The summed E-state index contributed by atoms with van der Waals surface area (Å²) in [5.41, 5.74) is 0.454. The van der Waals surface area contributed by atoms with Crippen LogP contribution in [-0.4, -0.2) is 31.8 Å². The first kappa shape index (κ1) is 28.2. The van der Waals surface area contributed by atoms with Crippen molar-refractivity contribution in [2.45, 2.75) is 59.3 Å². The number of carbonyl (C=O) groups is 2. The van der Waals surface area contributed by atoms with Crippen LogP contribution in [0.25, 0.3) is 10.8 Å². The van der Waals surface area contributed by atoms with E-state index in [-0.39, 0.29) is 11.9 Å². The molecule has 0 fully saturated rings. The molecule has 0 aliphatic carbocycles. The minimum atomic E-state index is -0.435. The molecule has 3 aromatic rings. The van der Waals surface area contributed by atoms with Gasteiger partial charge < -0.3 is 18.9 Å². The van der Waals surface area contributed by atoms with Crippen LogP contribution in [0.3, 0.4) is 0 Å². The highest BCUT2D eigenvalue weighted by Gasteiger charge is 2.16. The lowest BCUT2D eigenvalue weighted by Crippen LogP contribution is -2.22. The molecule has 0 saturated heterocycles. The van der Waals surface area contributed by atoms with Gasteiger partial charge in [0, 0.05) is 6.61 Å². The zero-order valence-electron chi connectivity index (χ0n) is 22.2. The zero-order chi connectivity index (χ0) is 26.5. The number of ether oxygens (including phenoxy) is 4. The predicted octanol–water partition coefficient (Wildman–Crippen LogP) is 7.38. The van der Waals surface area contributed by atoms with Crippen LogP contribution in [0.4, 0.5) is 0 Å². The molecule has 0 spiro atoms. The van der Waals surface area contributed by atoms with Crippen LogP contribution in [0.2, 0.25) is 0 Å². The number of unbranched alkanes of at least 4 members (excludes halogenated alkanes) is 5. The first-order valence-electron chi connectivity index (χ1n) is 13.3. The van der Waals surface area contributed by atoms with Crippen LogP contribution in [-0.2, 0) is 9.53 Å². The third kappa shape index (κ3) is 9.21. The standard InChI is InChI=1S/C31H38O6/c1-4-6-7-8-9-10-19-35-27-15-11-24(12-16-27)31(33)37-29-18-14-25-20-28(17-13-26(25)21-29)36-30(32)23(3)22-34-5-2/h11-18,20-21,23H,4-10,19,22H2,1-3H3/t23-/m1/s1. The fourth-order valence-corrected chi connectivity index (χ4v) is 3.83. The Bertz CT molecular complexity index is 1140. The number of hydrogen-bond donors (Lipinski definition) is 0. The van der Waals surface area contributed by atoms with E-state index in [0.29, 0.717) is 36.9 Å². The summed E-state index contributed by atoms with van der Waals surface area (Å²) in [6.07, 6.45) is 7.30. The fraction of sp³-hybridized carbons (Fsp3) is 0.419. The van der Waals surface area contributed by atoms with E-state index in [1.54, 1.807) is 55.5 Å². The van der Waals surface area contributed by atoms with Gasteiger partial charge in [-0.1, -0.05) is 51.2 Å². The summed E-state index contributed by atoms with van der Waals surface area (Å²) in [5.74, 6) is 0.534. The van der Waals surface area contributed by atoms with Crippen LogP contribution in [0.15, 0.2) is 60.7 Å². The van der Waals surface area contributed by atoms with E-state index in [9.17, 15) is 9.59 Å². The first-order valence-corrected chi connectivity index (χ1v) is 13.3. The summed E-state index contributed by atoms with van der Waals surface area (Å²) in [6.45, 7) is 7.44. The maximum Gasteiger partial charge on any atom is 0.343 e. The Hall–Kier alpha value is -3.38. The maximum absolute atomic E-state index is 12.6. The largest absolute Gasteiger partial charge is 0.494 e. The van der Waals surface area contributed by atoms with E-state index in [1.807, 2.05) is 19.1 Å². The Balaban J connectivity index is 1.51. The molecule has 1 atom stereocenters. The Morgan fingerprint density at radius 2 is 1.32 bits per heavy atom. The molecule has 0 aliphatic rings. The summed E-state index contributed by atoms with van der Waals surface area (Å²) in [7, 11) is 0. The summed E-state index contributed by atoms with van der Waals surface area (Å²) in [5, 5.41) is 1.74. The normalized spacial score (nSPS) is 11.8. The van der Waals surface area contributed by atoms with E-state index in [4.69, 9.17) is 18.9 Å². The van der Waals surface area contributed by atoms with Crippen LogP contribution in [0, 0.1) is 5.92 Å². The van der Waals surface area contributed by atoms with Gasteiger partial charge in [0.05, 0.1) is 24.7 Å². The molecular weight excluding hydrogens is 468 g/mol. The van der Waals surface area contributed by atoms with E-state index in [2.05, 4.69) is 6.92 Å². The quantitative estimate of drug-likeness (QED) is 0.122. The molecule has 0 heterocycles. The summed E-state index contributed by atoms with van der Waals surface area (Å²) in [6, 6.07) is 17.7. The number of carbonyl (C=O) groups excluding carboxylic acids is 2. The molecule has 198 valence electrons. The highest BCUT2D eigenvalue weighted by molar-refractivity contribution is 5.92. The number of hydrogen-bond acceptors (Lipinski definition) is 6. The molecule has 0 aromatic heterocycles. The average molecular weight is 507 g/mol. The zero-order valence-corrected chi connectivity index (χ0v) is 22.2. The Kier molecular flexibility index (Phi) is 11.4. The van der Waals surface area contributed by atoms with E-state index in [1.165, 1.54) is 32.1 Å². The van der Waals surface area contributed by atoms with Gasteiger partial charge in [0.1, 0.15) is 17.2 Å². The highest BCUT2D eigenvalue weighted by atomic mass is 16.5. The predicted molar refractivity (Wildman–Crippen MR) is 146 cm³/mol. The molecule has 0 saturated carbocycles. The molecule has 0 unspecified atom stereocenters. The van der Waals surface area contributed by atoms with E-state index < -0.39 is 5.97 Å². The second-order valence-corrected chi connectivity index (χ2v) is 9.18. The second kappa shape index (κ2) is 15.0. The molecule has 0 aliphatic heterocycles. The summed E-state index contributed by atoms with van der Waals surface area (Å²) >= 11 is 0. The molecule has 37 heavy (non-hydrogen) atoms. The van der Waals surface area contributed by atoms with Crippen molar-refractivity contribution in [2.75, 3.05) is 19.8 Å². The van der Waals surface area contributed by atoms with Gasteiger partial charge in [-0.2, -0.15) is 0 Å². The van der Waals surface area contributed by atoms with Gasteiger partial charge in [0.2, 0.25) is 0 Å². The average Bonchev–Trinajstić information content (AvgIpc) is 2.91. The Morgan fingerprint density at radius 1 is 0.730 bits per heavy atom. The minimum Gasteiger partial charge on any atom is -0.494 e. The molecule has 3 rings (SSSR count). The van der Waals surface area contributed by atoms with Crippen LogP contribution in [0.1, 0.15) is 69.7 Å². The number of benzene rings is 3. The summed E-state index contributed by atoms with van der Waals surface area (Å²) < 4.78 is 22.1. The van der Waals surface area contributed by atoms with Crippen LogP contribution < -0.4 is 14.2 Å². The smallest absolute Gasteiger partial charge is 0.343 e. The molecule has 0 N–H and O–H groups in total. The molecular formula is C31H38O6. The highest BCUT2D eigenvalue weighted by Crippen LogP contribution is 2.26. The monoisotopic (exact) mass is 506 g/mol. The Labute approximate surface area is 219 Å². The topological polar surface area (TPSA) is 71.1 Å². The van der Waals surface area contributed by atoms with Crippen molar-refractivity contribution in [1.82, 2.24) is 0 Å². The number of esters is 2. The third-order valence-electron chi connectivity index (χ3n) is 6.04. The van der Waals surface area contributed by atoms with Gasteiger partial charge in [0.15, 0.2) is 0 Å². The lowest BCUT2D eigenvalue weighted by atomic mass is 10.1. The van der Waals surface area contributed by atoms with Crippen molar-refractivity contribution >= 4 is 22.7 Å². The maximum atomic E-state index is 12.6. The van der Waals surface area contributed by atoms with Crippen molar-refractivity contribution in [3.8, 4) is 17.2 Å². The van der Waals surface area contributed by atoms with Crippen molar-refractivity contribution in [2.24, 2.45) is 5.92 Å². The van der Waals surface area contributed by atoms with Gasteiger partial charge in [-0.3, -0.25) is 4.79 Å². The van der Waals surface area contributed by atoms with Crippen LogP contribution >= 0.6 is 0 Å². The van der Waals surface area contributed by atoms with Gasteiger partial charge in [-0.05, 0) is 79.6 Å². The molecule has 0 amide bonds. The van der Waals surface area contributed by atoms with Gasteiger partial charge in [-0.25, -0.2) is 4.79 Å². The molecule has 0 radical (unpaired) electrons. The number of fused-ring (bicyclic) bond motifs is 1. The minimum absolute atomic E-state index is 0.326. The van der Waals surface area contributed by atoms with Gasteiger partial charge in [-0.15, -0.1) is 0 Å². The second-order valence-electron chi connectivity index (χ2n) is 9.18. The lowest BCUT2D eigenvalue weighted by molar-refractivity contribution is -0.140. The van der Waals surface area contributed by atoms with Crippen molar-refractivity contribution < 1.29 is 28.5 Å². The fourth-order valence-electron chi connectivity index (χ4n) is 3.83. The van der Waals surface area contributed by atoms with Gasteiger partial charge in [0.25, 0.3) is 0 Å². The van der Waals surface area contributed by atoms with Crippen LogP contribution in [0.5, 0.6) is 17.2 Å². The first-order chi connectivity index (χ1) is 18.0. The SMILES string of the molecule is CCCCCCCCOc1ccc(C(=O)Oc2ccc3cc(OC(=O)[C@H](C)COCC)ccc3c2)cc1. The molecule has 3 aromatic carbocycles. The number of rotatable bonds is 15. The van der Waals surface area contributed by atoms with E-state index >= 15 is 0 Å². The van der Waals surface area contributed by atoms with Crippen molar-refractivity contribution in [1.29, 1.82) is 0 Å². The third-order valence-corrected chi connectivity index (χ3v) is 6.04. The Morgan fingerprint density at radius 3 is 1.97 bits per heavy atom. The van der Waals surface area contributed by atoms with E-state index in [0.717, 1.165) is 22.9 Å². The molecule has 6 heteroatoms. The molecule has 0 bridgehead atoms. The van der Waals surface area contributed by atoms with Gasteiger partial charge >= 0.3 is 11.9 Å². The van der Waals surface area contributed by atoms with Crippen molar-refractivity contribution in [3.05, 3.63) is 66.2 Å². The lowest BCUT2D eigenvalue weighted by Gasteiger charge is -2.12. The summed E-state index contributed by atoms with van der Waals surface area (Å²) in [4.78, 5) is 24.9. The molecule has 6 nitrogen and oxygen atoms in total.